The maximum Gasteiger partial charge on any atom is 0.408 e. The molecule has 0 bridgehead atoms. The lowest BCUT2D eigenvalue weighted by atomic mass is 9.92. The second-order valence-corrected chi connectivity index (χ2v) is 8.32. The number of aromatic amines is 1. The van der Waals surface area contributed by atoms with Crippen LogP contribution in [0.15, 0.2) is 42.5 Å². The van der Waals surface area contributed by atoms with Crippen LogP contribution in [-0.4, -0.2) is 28.2 Å². The maximum absolute atomic E-state index is 12.1. The molecule has 1 heterocycles. The summed E-state index contributed by atoms with van der Waals surface area (Å²) in [6.07, 6.45) is 0.296. The Morgan fingerprint density at radius 1 is 1.04 bits per heavy atom. The van der Waals surface area contributed by atoms with Gasteiger partial charge in [-0.1, -0.05) is 30.3 Å². The predicted molar refractivity (Wildman–Crippen MR) is 109 cm³/mol. The molecule has 0 aliphatic carbocycles. The van der Waals surface area contributed by atoms with E-state index in [4.69, 9.17) is 4.74 Å². The monoisotopic (exact) mass is 379 g/mol. The molecule has 2 aromatic carbocycles. The fourth-order valence-electron chi connectivity index (χ4n) is 3.01. The molecule has 6 heteroatoms. The standard InChI is InChI=1S/C22H25N3O3/c1-21(2,3)28-20(27)23-22(4,5)16-9-6-14(7-10-16)15-8-11-18-17(12-15)19(13-26)25-24-18/h6-13H,1-5H3,(H,23,27)(H,24,25). The van der Waals surface area contributed by atoms with Gasteiger partial charge >= 0.3 is 6.09 Å². The summed E-state index contributed by atoms with van der Waals surface area (Å²) in [5.74, 6) is 0. The average molecular weight is 379 g/mol. The molecule has 146 valence electrons. The second kappa shape index (κ2) is 7.11. The van der Waals surface area contributed by atoms with Crippen LogP contribution in [0.3, 0.4) is 0 Å². The minimum Gasteiger partial charge on any atom is -0.444 e. The van der Waals surface area contributed by atoms with Gasteiger partial charge in [0.25, 0.3) is 0 Å². The summed E-state index contributed by atoms with van der Waals surface area (Å²) < 4.78 is 5.36. The Balaban J connectivity index is 1.83. The molecule has 2 N–H and O–H groups in total. The zero-order chi connectivity index (χ0) is 20.5. The third kappa shape index (κ3) is 4.22. The van der Waals surface area contributed by atoms with Gasteiger partial charge in [-0.3, -0.25) is 9.89 Å². The molecule has 0 saturated carbocycles. The molecule has 0 aliphatic heterocycles. The number of hydrogen-bond donors (Lipinski definition) is 2. The quantitative estimate of drug-likeness (QED) is 0.638. The van der Waals surface area contributed by atoms with Gasteiger partial charge < -0.3 is 10.1 Å². The van der Waals surface area contributed by atoms with Crippen LogP contribution in [-0.2, 0) is 10.3 Å². The number of fused-ring (bicyclic) bond motifs is 1. The SMILES string of the molecule is CC(C)(C)OC(=O)NC(C)(C)c1ccc(-c2ccc3[nH]nc(C=O)c3c2)cc1. The van der Waals surface area contributed by atoms with Crippen LogP contribution in [0.1, 0.15) is 50.7 Å². The van der Waals surface area contributed by atoms with Gasteiger partial charge in [-0.15, -0.1) is 0 Å². The number of carbonyl (C=O) groups is 2. The Labute approximate surface area is 164 Å². The number of H-pyrrole nitrogens is 1. The van der Waals surface area contributed by atoms with Crippen LogP contribution in [0.5, 0.6) is 0 Å². The number of aldehydes is 1. The topological polar surface area (TPSA) is 84.1 Å². The number of nitrogens with one attached hydrogen (secondary N) is 2. The Hall–Kier alpha value is -3.15. The van der Waals surface area contributed by atoms with Crippen LogP contribution >= 0.6 is 0 Å². The van der Waals surface area contributed by atoms with Crippen LogP contribution in [0.2, 0.25) is 0 Å². The molecule has 0 saturated heterocycles. The first kappa shape index (κ1) is 19.6. The summed E-state index contributed by atoms with van der Waals surface area (Å²) in [6, 6.07) is 13.8. The first-order chi connectivity index (χ1) is 13.1. The predicted octanol–water partition coefficient (Wildman–Crippen LogP) is 4.80. The summed E-state index contributed by atoms with van der Waals surface area (Å²) in [7, 11) is 0. The van der Waals surface area contributed by atoms with Crippen LogP contribution < -0.4 is 5.32 Å². The molecule has 6 nitrogen and oxygen atoms in total. The van der Waals surface area contributed by atoms with Crippen molar-refractivity contribution in [3.05, 3.63) is 53.7 Å². The number of hydrogen-bond acceptors (Lipinski definition) is 4. The molecule has 0 spiro atoms. The van der Waals surface area contributed by atoms with Crippen LogP contribution in [0.25, 0.3) is 22.0 Å². The Bertz CT molecular complexity index is 1010. The molecule has 0 fully saturated rings. The maximum atomic E-state index is 12.1. The number of rotatable bonds is 4. The molecule has 0 atom stereocenters. The van der Waals surface area contributed by atoms with Crippen molar-refractivity contribution in [3.63, 3.8) is 0 Å². The lowest BCUT2D eigenvalue weighted by Crippen LogP contribution is -2.43. The van der Waals surface area contributed by atoms with Gasteiger partial charge in [-0.25, -0.2) is 4.79 Å². The Morgan fingerprint density at radius 2 is 1.68 bits per heavy atom. The number of ether oxygens (including phenoxy) is 1. The smallest absolute Gasteiger partial charge is 0.408 e. The van der Waals surface area contributed by atoms with Crippen molar-refractivity contribution in [1.29, 1.82) is 0 Å². The van der Waals surface area contributed by atoms with Crippen molar-refractivity contribution in [2.45, 2.75) is 45.8 Å². The largest absolute Gasteiger partial charge is 0.444 e. The highest BCUT2D eigenvalue weighted by atomic mass is 16.6. The molecule has 28 heavy (non-hydrogen) atoms. The number of carbonyl (C=O) groups excluding carboxylic acids is 2. The van der Waals surface area contributed by atoms with Gasteiger partial charge in [0.1, 0.15) is 11.3 Å². The van der Waals surface area contributed by atoms with E-state index in [1.807, 2.05) is 77.1 Å². The van der Waals surface area contributed by atoms with Gasteiger partial charge in [0.05, 0.1) is 11.1 Å². The van der Waals surface area contributed by atoms with Crippen molar-refractivity contribution < 1.29 is 14.3 Å². The minimum absolute atomic E-state index is 0.399. The number of amides is 1. The lowest BCUT2D eigenvalue weighted by molar-refractivity contribution is 0.0470. The summed E-state index contributed by atoms with van der Waals surface area (Å²) in [5.41, 5.74) is 3.05. The van der Waals surface area contributed by atoms with Gasteiger partial charge in [0, 0.05) is 5.39 Å². The zero-order valence-corrected chi connectivity index (χ0v) is 16.8. The molecule has 0 radical (unpaired) electrons. The van der Waals surface area contributed by atoms with Crippen molar-refractivity contribution in [2.75, 3.05) is 0 Å². The molecule has 3 rings (SSSR count). The minimum atomic E-state index is -0.583. The highest BCUT2D eigenvalue weighted by molar-refractivity contribution is 5.96. The van der Waals surface area contributed by atoms with Gasteiger partial charge in [-0.05, 0) is 63.4 Å². The fraction of sp³-hybridized carbons (Fsp3) is 0.318. The third-order valence-electron chi connectivity index (χ3n) is 4.46. The Morgan fingerprint density at radius 3 is 2.29 bits per heavy atom. The van der Waals surface area contributed by atoms with Crippen molar-refractivity contribution in [3.8, 4) is 11.1 Å². The normalized spacial score (nSPS) is 12.0. The van der Waals surface area contributed by atoms with E-state index in [1.54, 1.807) is 0 Å². The fourth-order valence-corrected chi connectivity index (χ4v) is 3.01. The average Bonchev–Trinajstić information content (AvgIpc) is 3.02. The van der Waals surface area contributed by atoms with E-state index in [0.717, 1.165) is 33.9 Å². The van der Waals surface area contributed by atoms with E-state index in [9.17, 15) is 9.59 Å². The highest BCUT2D eigenvalue weighted by Gasteiger charge is 2.26. The second-order valence-electron chi connectivity index (χ2n) is 8.32. The third-order valence-corrected chi connectivity index (χ3v) is 4.46. The number of alkyl carbamates (subject to hydrolysis) is 1. The van der Waals surface area contributed by atoms with Gasteiger partial charge in [0.15, 0.2) is 6.29 Å². The van der Waals surface area contributed by atoms with Crippen molar-refractivity contribution >= 4 is 23.3 Å². The molecule has 0 unspecified atom stereocenters. The van der Waals surface area contributed by atoms with Gasteiger partial charge in [0.2, 0.25) is 0 Å². The highest BCUT2D eigenvalue weighted by Crippen LogP contribution is 2.28. The molecule has 0 aliphatic rings. The first-order valence-electron chi connectivity index (χ1n) is 9.14. The van der Waals surface area contributed by atoms with Crippen LogP contribution in [0.4, 0.5) is 4.79 Å². The van der Waals surface area contributed by atoms with E-state index in [2.05, 4.69) is 15.5 Å². The van der Waals surface area contributed by atoms with E-state index >= 15 is 0 Å². The number of nitrogens with zero attached hydrogens (tertiary/aromatic N) is 1. The zero-order valence-electron chi connectivity index (χ0n) is 16.8. The summed E-state index contributed by atoms with van der Waals surface area (Å²) in [4.78, 5) is 23.3. The van der Waals surface area contributed by atoms with Crippen LogP contribution in [0, 0.1) is 0 Å². The molecular weight excluding hydrogens is 354 g/mol. The molecule has 1 amide bonds. The summed E-state index contributed by atoms with van der Waals surface area (Å²) in [6.45, 7) is 9.36. The summed E-state index contributed by atoms with van der Waals surface area (Å²) >= 11 is 0. The van der Waals surface area contributed by atoms with Crippen molar-refractivity contribution in [1.82, 2.24) is 15.5 Å². The number of aromatic nitrogens is 2. The summed E-state index contributed by atoms with van der Waals surface area (Å²) in [5, 5.41) is 10.6. The molecular formula is C22H25N3O3. The van der Waals surface area contributed by atoms with Gasteiger partial charge in [-0.2, -0.15) is 5.10 Å². The van der Waals surface area contributed by atoms with E-state index in [0.29, 0.717) is 5.69 Å². The number of benzene rings is 2. The van der Waals surface area contributed by atoms with E-state index < -0.39 is 17.2 Å². The molecule has 3 aromatic rings. The van der Waals surface area contributed by atoms with E-state index in [-0.39, 0.29) is 0 Å². The van der Waals surface area contributed by atoms with Crippen molar-refractivity contribution in [2.24, 2.45) is 0 Å². The first-order valence-corrected chi connectivity index (χ1v) is 9.14. The van der Waals surface area contributed by atoms with E-state index in [1.165, 1.54) is 0 Å². The molecule has 1 aromatic heterocycles. The Kier molecular flexibility index (Phi) is 4.98. The lowest BCUT2D eigenvalue weighted by Gasteiger charge is -2.29.